The molecule has 1 atom stereocenters. The van der Waals surface area contributed by atoms with Gasteiger partial charge in [-0.25, -0.2) is 14.8 Å². The smallest absolute Gasteiger partial charge is 0.326 e. The SMILES string of the molecule is CCOc1ccc(-c2c(C)sc3nc(C)nc(NC(CCC(=O)O)C(=O)O)c23)cc1. The number of rotatable bonds is 9. The molecule has 3 N–H and O–H groups in total. The number of aryl methyl sites for hydroxylation is 2. The van der Waals surface area contributed by atoms with Crippen LogP contribution in [0, 0.1) is 13.8 Å². The third kappa shape index (κ3) is 4.68. The van der Waals surface area contributed by atoms with E-state index in [1.165, 1.54) is 11.3 Å². The number of aromatic nitrogens is 2. The van der Waals surface area contributed by atoms with Crippen molar-refractivity contribution in [3.05, 3.63) is 35.0 Å². The Hall–Kier alpha value is -3.20. The number of thiophene rings is 1. The maximum absolute atomic E-state index is 11.7. The first kappa shape index (κ1) is 21.5. The summed E-state index contributed by atoms with van der Waals surface area (Å²) < 4.78 is 5.51. The minimum absolute atomic E-state index is 0.0588. The lowest BCUT2D eigenvalue weighted by Crippen LogP contribution is -2.30. The van der Waals surface area contributed by atoms with E-state index in [1.807, 2.05) is 38.1 Å². The van der Waals surface area contributed by atoms with Gasteiger partial charge in [0.25, 0.3) is 0 Å². The average molecular weight is 429 g/mol. The van der Waals surface area contributed by atoms with Crippen LogP contribution in [0.5, 0.6) is 5.75 Å². The van der Waals surface area contributed by atoms with E-state index in [4.69, 9.17) is 9.84 Å². The second-order valence-electron chi connectivity index (χ2n) is 6.76. The summed E-state index contributed by atoms with van der Waals surface area (Å²) in [5.41, 5.74) is 1.86. The van der Waals surface area contributed by atoms with Gasteiger partial charge in [0.1, 0.15) is 28.3 Å². The summed E-state index contributed by atoms with van der Waals surface area (Å²) in [6.45, 7) is 6.22. The zero-order chi connectivity index (χ0) is 21.8. The van der Waals surface area contributed by atoms with Gasteiger partial charge in [-0.1, -0.05) is 12.1 Å². The number of ether oxygens (including phenoxy) is 1. The molecule has 0 fully saturated rings. The summed E-state index contributed by atoms with van der Waals surface area (Å²) in [5, 5.41) is 22.2. The predicted octanol–water partition coefficient (Wildman–Crippen LogP) is 4.10. The topological polar surface area (TPSA) is 122 Å². The van der Waals surface area contributed by atoms with Crippen molar-refractivity contribution in [3.8, 4) is 16.9 Å². The Morgan fingerprint density at radius 2 is 1.87 bits per heavy atom. The molecule has 0 radical (unpaired) electrons. The molecule has 3 rings (SSSR count). The summed E-state index contributed by atoms with van der Waals surface area (Å²) in [6.07, 6.45) is -0.317. The van der Waals surface area contributed by atoms with Crippen molar-refractivity contribution >= 4 is 39.3 Å². The molecule has 0 spiro atoms. The van der Waals surface area contributed by atoms with Crippen LogP contribution < -0.4 is 10.1 Å². The van der Waals surface area contributed by atoms with Gasteiger partial charge < -0.3 is 20.3 Å². The maximum Gasteiger partial charge on any atom is 0.326 e. The van der Waals surface area contributed by atoms with Crippen LogP contribution in [0.15, 0.2) is 24.3 Å². The van der Waals surface area contributed by atoms with Crippen molar-refractivity contribution in [2.24, 2.45) is 0 Å². The minimum Gasteiger partial charge on any atom is -0.494 e. The lowest BCUT2D eigenvalue weighted by atomic mass is 10.0. The highest BCUT2D eigenvalue weighted by Gasteiger charge is 2.23. The van der Waals surface area contributed by atoms with Gasteiger partial charge in [0, 0.05) is 16.9 Å². The fraction of sp³-hybridized carbons (Fsp3) is 0.333. The van der Waals surface area contributed by atoms with Crippen molar-refractivity contribution < 1.29 is 24.5 Å². The Kier molecular flexibility index (Phi) is 6.51. The van der Waals surface area contributed by atoms with Gasteiger partial charge in [-0.3, -0.25) is 4.79 Å². The van der Waals surface area contributed by atoms with Crippen LogP contribution in [0.2, 0.25) is 0 Å². The molecule has 30 heavy (non-hydrogen) atoms. The molecule has 1 aromatic carbocycles. The summed E-state index contributed by atoms with van der Waals surface area (Å²) in [6, 6.07) is 6.59. The molecule has 2 aromatic heterocycles. The number of hydrogen-bond donors (Lipinski definition) is 3. The van der Waals surface area contributed by atoms with Crippen LogP contribution in [0.25, 0.3) is 21.3 Å². The first-order chi connectivity index (χ1) is 14.3. The molecule has 3 aromatic rings. The van der Waals surface area contributed by atoms with Crippen molar-refractivity contribution in [1.82, 2.24) is 9.97 Å². The van der Waals surface area contributed by atoms with E-state index in [0.29, 0.717) is 18.2 Å². The lowest BCUT2D eigenvalue weighted by molar-refractivity contribution is -0.139. The predicted molar refractivity (Wildman–Crippen MR) is 115 cm³/mol. The summed E-state index contributed by atoms with van der Waals surface area (Å²) >= 11 is 1.51. The van der Waals surface area contributed by atoms with Crippen molar-refractivity contribution in [3.63, 3.8) is 0 Å². The van der Waals surface area contributed by atoms with Crippen LogP contribution in [-0.2, 0) is 9.59 Å². The largest absolute Gasteiger partial charge is 0.494 e. The Balaban J connectivity index is 2.08. The van der Waals surface area contributed by atoms with Crippen LogP contribution in [0.1, 0.15) is 30.5 Å². The zero-order valence-corrected chi connectivity index (χ0v) is 17.7. The summed E-state index contributed by atoms with van der Waals surface area (Å²) in [7, 11) is 0. The second kappa shape index (κ2) is 9.08. The Morgan fingerprint density at radius 1 is 1.17 bits per heavy atom. The standard InChI is InChI=1S/C21H23N3O5S/c1-4-29-14-7-5-13(6-8-14)17-11(2)30-20-18(17)19(22-12(3)23-20)24-15(21(27)28)9-10-16(25)26/h5-8,15H,4,9-10H2,1-3H3,(H,25,26)(H,27,28)(H,22,23,24). The average Bonchev–Trinajstić information content (AvgIpc) is 3.01. The van der Waals surface area contributed by atoms with E-state index < -0.39 is 18.0 Å². The van der Waals surface area contributed by atoms with E-state index in [9.17, 15) is 14.7 Å². The van der Waals surface area contributed by atoms with Gasteiger partial charge in [-0.2, -0.15) is 0 Å². The number of aliphatic carboxylic acids is 2. The normalized spacial score (nSPS) is 12.0. The van der Waals surface area contributed by atoms with Crippen molar-refractivity contribution in [2.45, 2.75) is 39.7 Å². The van der Waals surface area contributed by atoms with E-state index in [1.54, 1.807) is 6.92 Å². The molecular weight excluding hydrogens is 406 g/mol. The molecule has 1 unspecified atom stereocenters. The number of fused-ring (bicyclic) bond motifs is 1. The number of hydrogen-bond acceptors (Lipinski definition) is 7. The van der Waals surface area contributed by atoms with Gasteiger partial charge in [-0.05, 0) is 44.9 Å². The molecule has 0 amide bonds. The third-order valence-electron chi connectivity index (χ3n) is 4.55. The molecule has 0 aliphatic heterocycles. The first-order valence-corrected chi connectivity index (χ1v) is 10.3. The molecule has 0 saturated carbocycles. The monoisotopic (exact) mass is 429 g/mol. The molecule has 0 aliphatic carbocycles. The number of carbonyl (C=O) groups is 2. The number of anilines is 1. The Labute approximate surface area is 177 Å². The summed E-state index contributed by atoms with van der Waals surface area (Å²) in [5.74, 6) is -0.511. The van der Waals surface area contributed by atoms with Crippen LogP contribution in [0.3, 0.4) is 0 Å². The van der Waals surface area contributed by atoms with Gasteiger partial charge in [0.15, 0.2) is 0 Å². The molecular formula is C21H23N3O5S. The molecule has 0 saturated heterocycles. The minimum atomic E-state index is -1.13. The molecule has 0 bridgehead atoms. The van der Waals surface area contributed by atoms with Crippen LogP contribution >= 0.6 is 11.3 Å². The maximum atomic E-state index is 11.7. The number of nitrogens with zero attached hydrogens (tertiary/aromatic N) is 2. The number of nitrogens with one attached hydrogen (secondary N) is 1. The quantitative estimate of drug-likeness (QED) is 0.465. The number of carboxylic acid groups (broad SMARTS) is 2. The van der Waals surface area contributed by atoms with Crippen molar-refractivity contribution in [1.29, 1.82) is 0 Å². The fourth-order valence-electron chi connectivity index (χ4n) is 3.24. The Bertz CT molecular complexity index is 1080. The van der Waals surface area contributed by atoms with Gasteiger partial charge in [-0.15, -0.1) is 11.3 Å². The molecule has 0 aliphatic rings. The van der Waals surface area contributed by atoms with E-state index in [2.05, 4.69) is 15.3 Å². The molecule has 9 heteroatoms. The summed E-state index contributed by atoms with van der Waals surface area (Å²) in [4.78, 5) is 33.3. The number of benzene rings is 1. The van der Waals surface area contributed by atoms with Crippen LogP contribution in [-0.4, -0.2) is 44.8 Å². The van der Waals surface area contributed by atoms with Gasteiger partial charge in [0.05, 0.1) is 12.0 Å². The molecule has 2 heterocycles. The highest BCUT2D eigenvalue weighted by atomic mass is 32.1. The number of carboxylic acids is 2. The van der Waals surface area contributed by atoms with Gasteiger partial charge in [0.2, 0.25) is 0 Å². The van der Waals surface area contributed by atoms with Crippen LogP contribution in [0.4, 0.5) is 5.82 Å². The zero-order valence-electron chi connectivity index (χ0n) is 16.9. The lowest BCUT2D eigenvalue weighted by Gasteiger charge is -2.16. The second-order valence-corrected chi connectivity index (χ2v) is 7.96. The highest BCUT2D eigenvalue weighted by Crippen LogP contribution is 2.41. The highest BCUT2D eigenvalue weighted by molar-refractivity contribution is 7.19. The first-order valence-electron chi connectivity index (χ1n) is 9.52. The van der Waals surface area contributed by atoms with E-state index >= 15 is 0 Å². The fourth-order valence-corrected chi connectivity index (χ4v) is 4.34. The van der Waals surface area contributed by atoms with E-state index in [-0.39, 0.29) is 12.8 Å². The van der Waals surface area contributed by atoms with Crippen molar-refractivity contribution in [2.75, 3.05) is 11.9 Å². The van der Waals surface area contributed by atoms with E-state index in [0.717, 1.165) is 32.0 Å². The molecule has 8 nitrogen and oxygen atoms in total. The molecule has 158 valence electrons. The third-order valence-corrected chi connectivity index (χ3v) is 5.55. The Morgan fingerprint density at radius 3 is 2.47 bits per heavy atom. The van der Waals surface area contributed by atoms with Gasteiger partial charge >= 0.3 is 11.9 Å².